The van der Waals surface area contributed by atoms with Crippen LogP contribution in [-0.4, -0.2) is 28.8 Å². The maximum atomic E-state index is 13.6. The Bertz CT molecular complexity index is 786. The summed E-state index contributed by atoms with van der Waals surface area (Å²) in [5.41, 5.74) is 0.278. The smallest absolute Gasteiger partial charge is 0.314 e. The number of ether oxygens (including phenoxy) is 1. The molecule has 0 radical (unpaired) electrons. The van der Waals surface area contributed by atoms with Crippen LogP contribution in [0, 0.1) is 17.6 Å². The van der Waals surface area contributed by atoms with E-state index < -0.39 is 23.5 Å². The first-order valence-corrected chi connectivity index (χ1v) is 7.99. The molecule has 2 aromatic heterocycles. The van der Waals surface area contributed by atoms with Gasteiger partial charge < -0.3 is 4.74 Å². The Balaban J connectivity index is 2.25. The van der Waals surface area contributed by atoms with E-state index in [2.05, 4.69) is 15.0 Å². The summed E-state index contributed by atoms with van der Waals surface area (Å²) in [6.07, 6.45) is 2.30. The summed E-state index contributed by atoms with van der Waals surface area (Å²) in [7, 11) is 0. The highest BCUT2D eigenvalue weighted by Crippen LogP contribution is 2.23. The molecule has 2 rings (SSSR count). The Morgan fingerprint density at radius 1 is 1.36 bits per heavy atom. The van der Waals surface area contributed by atoms with Gasteiger partial charge in [0.1, 0.15) is 11.0 Å². The van der Waals surface area contributed by atoms with E-state index in [9.17, 15) is 13.6 Å². The Morgan fingerprint density at radius 3 is 2.76 bits per heavy atom. The van der Waals surface area contributed by atoms with Crippen LogP contribution in [0.15, 0.2) is 29.4 Å². The molecule has 0 saturated carbocycles. The maximum absolute atomic E-state index is 13.6. The van der Waals surface area contributed by atoms with Gasteiger partial charge in [-0.25, -0.2) is 23.7 Å². The van der Waals surface area contributed by atoms with Crippen LogP contribution in [0.25, 0.3) is 0 Å². The summed E-state index contributed by atoms with van der Waals surface area (Å²) in [4.78, 5) is 23.6. The Morgan fingerprint density at radius 2 is 2.12 bits per heavy atom. The van der Waals surface area contributed by atoms with Crippen LogP contribution in [-0.2, 0) is 16.0 Å². The fraction of sp³-hybridized carbons (Fsp3) is 0.250. The number of carbonyl (C=O) groups excluding carboxylic acids is 1. The van der Waals surface area contributed by atoms with Crippen molar-refractivity contribution >= 4 is 41.2 Å². The van der Waals surface area contributed by atoms with Crippen molar-refractivity contribution in [2.45, 2.75) is 13.3 Å². The van der Waals surface area contributed by atoms with E-state index in [1.54, 1.807) is 6.92 Å². The fourth-order valence-corrected chi connectivity index (χ4v) is 2.32. The number of aliphatic imine (C=N–C) groups is 1. The molecule has 0 bridgehead atoms. The van der Waals surface area contributed by atoms with E-state index in [0.717, 1.165) is 12.3 Å². The number of halogens is 4. The molecule has 1 atom stereocenters. The second-order valence-corrected chi connectivity index (χ2v) is 5.60. The molecular formula is C16H13Cl2F2N3O2. The maximum Gasteiger partial charge on any atom is 0.314 e. The van der Waals surface area contributed by atoms with E-state index in [1.165, 1.54) is 18.3 Å². The number of rotatable bonds is 6. The second-order valence-electron chi connectivity index (χ2n) is 4.89. The van der Waals surface area contributed by atoms with E-state index in [0.29, 0.717) is 0 Å². The topological polar surface area (TPSA) is 64.4 Å². The molecule has 0 fully saturated rings. The van der Waals surface area contributed by atoms with Crippen LogP contribution in [0.4, 0.5) is 14.6 Å². The van der Waals surface area contributed by atoms with E-state index >= 15 is 0 Å². The highest BCUT2D eigenvalue weighted by atomic mass is 35.5. The number of nitrogens with zero attached hydrogens (tertiary/aromatic N) is 3. The Labute approximate surface area is 152 Å². The monoisotopic (exact) mass is 387 g/mol. The molecule has 0 aliphatic heterocycles. The molecule has 0 aromatic carbocycles. The van der Waals surface area contributed by atoms with Gasteiger partial charge in [-0.15, -0.1) is 0 Å². The zero-order valence-corrected chi connectivity index (χ0v) is 14.6. The van der Waals surface area contributed by atoms with Crippen molar-refractivity contribution in [3.8, 4) is 0 Å². The molecule has 0 aliphatic rings. The molecule has 0 amide bonds. The lowest BCUT2D eigenvalue weighted by molar-refractivity contribution is -0.145. The van der Waals surface area contributed by atoms with Crippen LogP contribution in [0.3, 0.4) is 0 Å². The Kier molecular flexibility index (Phi) is 6.78. The number of pyridine rings is 2. The van der Waals surface area contributed by atoms with Gasteiger partial charge >= 0.3 is 5.97 Å². The van der Waals surface area contributed by atoms with Gasteiger partial charge in [-0.1, -0.05) is 23.2 Å². The van der Waals surface area contributed by atoms with Crippen molar-refractivity contribution in [2.24, 2.45) is 10.9 Å². The summed E-state index contributed by atoms with van der Waals surface area (Å²) < 4.78 is 31.4. The van der Waals surface area contributed by atoms with Gasteiger partial charge in [-0.3, -0.25) is 4.79 Å². The zero-order chi connectivity index (χ0) is 18.4. The summed E-state index contributed by atoms with van der Waals surface area (Å²) in [5.74, 6) is -2.47. The highest BCUT2D eigenvalue weighted by Gasteiger charge is 2.21. The number of hydrogen-bond donors (Lipinski definition) is 0. The summed E-state index contributed by atoms with van der Waals surface area (Å²) in [6.45, 7) is 1.82. The molecule has 2 heterocycles. The van der Waals surface area contributed by atoms with Gasteiger partial charge in [0.05, 0.1) is 18.7 Å². The minimum atomic E-state index is -0.855. The van der Waals surface area contributed by atoms with Gasteiger partial charge in [0.2, 0.25) is 0 Å². The molecule has 2 aromatic rings. The molecule has 0 aliphatic carbocycles. The van der Waals surface area contributed by atoms with Gasteiger partial charge in [0.15, 0.2) is 16.8 Å². The highest BCUT2D eigenvalue weighted by molar-refractivity contribution is 6.33. The van der Waals surface area contributed by atoms with Crippen molar-refractivity contribution in [2.75, 3.05) is 6.61 Å². The van der Waals surface area contributed by atoms with Crippen LogP contribution < -0.4 is 0 Å². The molecule has 132 valence electrons. The first-order chi connectivity index (χ1) is 11.9. The largest absolute Gasteiger partial charge is 0.465 e. The number of esters is 1. The van der Waals surface area contributed by atoms with Gasteiger partial charge in [0.25, 0.3) is 0 Å². The third-order valence-corrected chi connectivity index (χ3v) is 3.68. The third-order valence-electron chi connectivity index (χ3n) is 3.09. The normalized spacial score (nSPS) is 12.4. The second kappa shape index (κ2) is 8.82. The zero-order valence-electron chi connectivity index (χ0n) is 13.0. The first kappa shape index (κ1) is 19.2. The van der Waals surface area contributed by atoms with Gasteiger partial charge in [-0.05, 0) is 37.1 Å². The van der Waals surface area contributed by atoms with Crippen molar-refractivity contribution in [3.63, 3.8) is 0 Å². The average molecular weight is 388 g/mol. The fourth-order valence-electron chi connectivity index (χ4n) is 1.92. The van der Waals surface area contributed by atoms with Crippen LogP contribution in [0.5, 0.6) is 0 Å². The summed E-state index contributed by atoms with van der Waals surface area (Å²) >= 11 is 11.5. The van der Waals surface area contributed by atoms with E-state index in [-0.39, 0.29) is 34.7 Å². The lowest BCUT2D eigenvalue weighted by atomic mass is 10.0. The van der Waals surface area contributed by atoms with Crippen LogP contribution >= 0.6 is 23.2 Å². The van der Waals surface area contributed by atoms with Crippen molar-refractivity contribution < 1.29 is 18.3 Å². The molecule has 9 heteroatoms. The lowest BCUT2D eigenvalue weighted by Crippen LogP contribution is -2.22. The van der Waals surface area contributed by atoms with Gasteiger partial charge in [0, 0.05) is 6.21 Å². The minimum Gasteiger partial charge on any atom is -0.465 e. The van der Waals surface area contributed by atoms with Crippen molar-refractivity contribution in [1.29, 1.82) is 0 Å². The standard InChI is InChI=1S/C16H13Cl2F2N3O2/c1-2-25-16(24)10(7-21-13-4-3-11(19)8-22-13)5-9-6-12(20)15(18)23-14(9)17/h3-4,6-8,10H,2,5H2,1H3. The molecule has 25 heavy (non-hydrogen) atoms. The Hall–Kier alpha value is -2.12. The number of hydrogen-bond acceptors (Lipinski definition) is 5. The van der Waals surface area contributed by atoms with E-state index in [4.69, 9.17) is 27.9 Å². The molecule has 0 saturated heterocycles. The quantitative estimate of drug-likeness (QED) is 0.423. The van der Waals surface area contributed by atoms with Crippen molar-refractivity contribution in [1.82, 2.24) is 9.97 Å². The lowest BCUT2D eigenvalue weighted by Gasteiger charge is -2.12. The predicted octanol–water partition coefficient (Wildman–Crippen LogP) is 4.19. The predicted molar refractivity (Wildman–Crippen MR) is 90.4 cm³/mol. The minimum absolute atomic E-state index is 0.00342. The molecule has 1 unspecified atom stereocenters. The molecule has 0 N–H and O–H groups in total. The van der Waals surface area contributed by atoms with Crippen LogP contribution in [0.1, 0.15) is 12.5 Å². The summed E-state index contributed by atoms with van der Waals surface area (Å²) in [5, 5.41) is -0.375. The number of carbonyl (C=O) groups is 1. The number of aromatic nitrogens is 2. The molecular weight excluding hydrogens is 375 g/mol. The average Bonchev–Trinajstić information content (AvgIpc) is 2.57. The first-order valence-electron chi connectivity index (χ1n) is 7.23. The van der Waals surface area contributed by atoms with E-state index in [1.807, 2.05) is 0 Å². The SMILES string of the molecule is CCOC(=O)C(C=Nc1ccc(F)cn1)Cc1cc(F)c(Cl)nc1Cl. The van der Waals surface area contributed by atoms with Crippen molar-refractivity contribution in [3.05, 3.63) is 51.9 Å². The molecule has 5 nitrogen and oxygen atoms in total. The van der Waals surface area contributed by atoms with Gasteiger partial charge in [-0.2, -0.15) is 0 Å². The third kappa shape index (κ3) is 5.44. The summed E-state index contributed by atoms with van der Waals surface area (Å²) in [6, 6.07) is 3.65. The van der Waals surface area contributed by atoms with Crippen LogP contribution in [0.2, 0.25) is 10.3 Å². The molecule has 0 spiro atoms.